The molecule has 0 aromatic heterocycles. The van der Waals surface area contributed by atoms with E-state index in [1.165, 1.54) is 6.92 Å². The number of aromatic carboxylic acids is 1. The maximum Gasteiger partial charge on any atom is 0.417 e. The van der Waals surface area contributed by atoms with E-state index in [2.05, 4.69) is 0 Å². The van der Waals surface area contributed by atoms with E-state index in [4.69, 9.17) is 22.4 Å². The Morgan fingerprint density at radius 1 is 1.20 bits per heavy atom. The number of nitrogen functional groups attached to an aromatic ring is 1. The number of hydrogen-bond donors (Lipinski definition) is 2. The highest BCUT2D eigenvalue weighted by Crippen LogP contribution is 2.42. The van der Waals surface area contributed by atoms with Gasteiger partial charge in [0.15, 0.2) is 0 Å². The molecule has 0 aliphatic heterocycles. The van der Waals surface area contributed by atoms with Gasteiger partial charge in [-0.1, -0.05) is 31.5 Å². The van der Waals surface area contributed by atoms with Crippen LogP contribution in [-0.4, -0.2) is 11.1 Å². The van der Waals surface area contributed by atoms with Gasteiger partial charge in [-0.15, -0.1) is 0 Å². The third-order valence-corrected chi connectivity index (χ3v) is 3.66. The molecular formula is C17H16ClF4NO2. The second kappa shape index (κ2) is 7.74. The van der Waals surface area contributed by atoms with Crippen molar-refractivity contribution in [2.24, 2.45) is 0 Å². The van der Waals surface area contributed by atoms with Crippen molar-refractivity contribution in [1.29, 1.82) is 0 Å². The van der Waals surface area contributed by atoms with E-state index in [-0.39, 0.29) is 27.4 Å². The molecule has 0 unspecified atom stereocenters. The molecule has 2 aromatic rings. The third kappa shape index (κ3) is 4.22. The van der Waals surface area contributed by atoms with Crippen molar-refractivity contribution in [2.75, 3.05) is 5.73 Å². The summed E-state index contributed by atoms with van der Waals surface area (Å²) < 4.78 is 53.2. The van der Waals surface area contributed by atoms with Gasteiger partial charge < -0.3 is 10.8 Å². The van der Waals surface area contributed by atoms with Crippen molar-refractivity contribution in [3.8, 4) is 11.1 Å². The fraction of sp³-hybridized carbons (Fsp3) is 0.235. The molecular weight excluding hydrogens is 362 g/mol. The number of benzene rings is 2. The molecule has 0 amide bonds. The lowest BCUT2D eigenvalue weighted by molar-refractivity contribution is -0.137. The number of halogens is 5. The first-order valence-electron chi connectivity index (χ1n) is 7.23. The van der Waals surface area contributed by atoms with Crippen molar-refractivity contribution in [2.45, 2.75) is 26.9 Å². The summed E-state index contributed by atoms with van der Waals surface area (Å²) >= 11 is 5.62. The van der Waals surface area contributed by atoms with Crippen molar-refractivity contribution in [3.63, 3.8) is 0 Å². The summed E-state index contributed by atoms with van der Waals surface area (Å²) in [5, 5.41) is 8.65. The zero-order valence-corrected chi connectivity index (χ0v) is 14.4. The molecule has 3 N–H and O–H groups in total. The summed E-state index contributed by atoms with van der Waals surface area (Å²) in [6.45, 7) is 5.27. The summed E-state index contributed by atoms with van der Waals surface area (Å²) in [5.74, 6) is -2.35. The molecule has 0 bridgehead atoms. The van der Waals surface area contributed by atoms with Crippen LogP contribution in [0.5, 0.6) is 0 Å². The van der Waals surface area contributed by atoms with Gasteiger partial charge in [-0.25, -0.2) is 9.18 Å². The predicted molar refractivity (Wildman–Crippen MR) is 89.3 cm³/mol. The lowest BCUT2D eigenvalue weighted by Gasteiger charge is -2.19. The van der Waals surface area contributed by atoms with Crippen molar-refractivity contribution >= 4 is 23.3 Å². The van der Waals surface area contributed by atoms with Crippen LogP contribution < -0.4 is 5.73 Å². The van der Waals surface area contributed by atoms with Gasteiger partial charge in [-0.05, 0) is 41.8 Å². The Hall–Kier alpha value is -2.28. The Kier molecular flexibility index (Phi) is 6.42. The minimum absolute atomic E-state index is 0.00939. The van der Waals surface area contributed by atoms with E-state index >= 15 is 0 Å². The second-order valence-corrected chi connectivity index (χ2v) is 5.22. The van der Waals surface area contributed by atoms with Crippen molar-refractivity contribution < 1.29 is 27.5 Å². The number of hydrogen-bond acceptors (Lipinski definition) is 2. The molecule has 2 aromatic carbocycles. The van der Waals surface area contributed by atoms with E-state index in [9.17, 15) is 22.4 Å². The average Bonchev–Trinajstić information content (AvgIpc) is 2.53. The van der Waals surface area contributed by atoms with Gasteiger partial charge in [0.25, 0.3) is 0 Å². The summed E-state index contributed by atoms with van der Waals surface area (Å²) in [6.07, 6.45) is -4.82. The van der Waals surface area contributed by atoms with Crippen LogP contribution in [0.4, 0.5) is 23.2 Å². The van der Waals surface area contributed by atoms with Crippen LogP contribution >= 0.6 is 11.6 Å². The number of nitrogens with two attached hydrogens (primary N) is 1. The Morgan fingerprint density at radius 2 is 1.76 bits per heavy atom. The average molecular weight is 378 g/mol. The highest BCUT2D eigenvalue weighted by Gasteiger charge is 2.36. The van der Waals surface area contributed by atoms with Gasteiger partial charge in [0.05, 0.1) is 16.1 Å². The molecule has 0 saturated carbocycles. The van der Waals surface area contributed by atoms with Crippen molar-refractivity contribution in [1.82, 2.24) is 0 Å². The summed E-state index contributed by atoms with van der Waals surface area (Å²) in [7, 11) is 0. The zero-order valence-electron chi connectivity index (χ0n) is 13.6. The highest BCUT2D eigenvalue weighted by atomic mass is 35.5. The van der Waals surface area contributed by atoms with E-state index in [0.29, 0.717) is 6.07 Å². The minimum Gasteiger partial charge on any atom is -0.478 e. The van der Waals surface area contributed by atoms with Gasteiger partial charge in [-0.2, -0.15) is 13.2 Å². The van der Waals surface area contributed by atoms with Crippen molar-refractivity contribution in [3.05, 3.63) is 51.8 Å². The topological polar surface area (TPSA) is 63.3 Å². The van der Waals surface area contributed by atoms with Crippen LogP contribution in [0.3, 0.4) is 0 Å². The number of alkyl halides is 3. The first kappa shape index (κ1) is 20.8. The molecule has 136 valence electrons. The van der Waals surface area contributed by atoms with Gasteiger partial charge in [0, 0.05) is 5.69 Å². The second-order valence-electron chi connectivity index (χ2n) is 4.82. The maximum atomic E-state index is 13.3. The zero-order chi connectivity index (χ0) is 19.5. The molecule has 3 nitrogen and oxygen atoms in total. The minimum atomic E-state index is -4.82. The smallest absolute Gasteiger partial charge is 0.417 e. The molecule has 0 saturated heterocycles. The SMILES string of the molecule is CC.Cc1c(N)c(C(=O)O)cc(C(F)(F)F)c1-c1ccc(F)c(Cl)c1. The Morgan fingerprint density at radius 3 is 2.20 bits per heavy atom. The Bertz CT molecular complexity index is 804. The largest absolute Gasteiger partial charge is 0.478 e. The van der Waals surface area contributed by atoms with Crippen LogP contribution in [0.25, 0.3) is 11.1 Å². The number of anilines is 1. The normalized spacial score (nSPS) is 10.9. The monoisotopic (exact) mass is 377 g/mol. The fourth-order valence-corrected chi connectivity index (χ4v) is 2.44. The van der Waals surface area contributed by atoms with E-state index in [1.807, 2.05) is 13.8 Å². The predicted octanol–water partition coefficient (Wildman–Crippen LogP) is 5.78. The summed E-state index contributed by atoms with van der Waals surface area (Å²) in [4.78, 5) is 11.1. The van der Waals surface area contributed by atoms with Crippen LogP contribution in [0, 0.1) is 12.7 Å². The fourth-order valence-electron chi connectivity index (χ4n) is 2.26. The number of rotatable bonds is 2. The first-order valence-corrected chi connectivity index (χ1v) is 7.60. The van der Waals surface area contributed by atoms with Crippen LogP contribution in [0.2, 0.25) is 5.02 Å². The molecule has 8 heteroatoms. The first-order chi connectivity index (χ1) is 11.5. The van der Waals surface area contributed by atoms with Crippen LogP contribution in [-0.2, 0) is 6.18 Å². The number of carbonyl (C=O) groups is 1. The molecule has 25 heavy (non-hydrogen) atoms. The molecule has 0 radical (unpaired) electrons. The van der Waals surface area contributed by atoms with E-state index in [0.717, 1.165) is 18.2 Å². The molecule has 0 atom stereocenters. The summed E-state index contributed by atoms with van der Waals surface area (Å²) in [6, 6.07) is 3.56. The van der Waals surface area contributed by atoms with Gasteiger partial charge in [-0.3, -0.25) is 0 Å². The molecule has 0 aliphatic rings. The van der Waals surface area contributed by atoms with E-state index < -0.39 is 29.1 Å². The molecule has 0 spiro atoms. The molecule has 0 aliphatic carbocycles. The number of carboxylic acid groups (broad SMARTS) is 1. The van der Waals surface area contributed by atoms with Crippen LogP contribution in [0.15, 0.2) is 24.3 Å². The maximum absolute atomic E-state index is 13.3. The quantitative estimate of drug-likeness (QED) is 0.515. The number of carboxylic acids is 1. The van der Waals surface area contributed by atoms with Gasteiger partial charge >= 0.3 is 12.1 Å². The van der Waals surface area contributed by atoms with Crippen LogP contribution in [0.1, 0.15) is 35.3 Å². The summed E-state index contributed by atoms with van der Waals surface area (Å²) in [5.41, 5.74) is 3.12. The standard InChI is InChI=1S/C15H10ClF4NO2.C2H6/c1-6-12(7-2-3-11(17)10(16)4-7)9(15(18,19)20)5-8(13(6)21)14(22)23;1-2/h2-5H,21H2,1H3,(H,22,23);1-2H3. The highest BCUT2D eigenvalue weighted by molar-refractivity contribution is 6.31. The molecule has 2 rings (SSSR count). The Labute approximate surface area is 147 Å². The van der Waals surface area contributed by atoms with Gasteiger partial charge in [0.1, 0.15) is 5.82 Å². The molecule has 0 fully saturated rings. The molecule has 0 heterocycles. The third-order valence-electron chi connectivity index (χ3n) is 3.37. The van der Waals surface area contributed by atoms with Gasteiger partial charge in [0.2, 0.25) is 0 Å². The lowest BCUT2D eigenvalue weighted by Crippen LogP contribution is -2.14. The van der Waals surface area contributed by atoms with E-state index in [1.54, 1.807) is 0 Å². The Balaban J connectivity index is 0.00000151. The lowest BCUT2D eigenvalue weighted by atomic mass is 9.90.